The summed E-state index contributed by atoms with van der Waals surface area (Å²) in [6.45, 7) is 4.85. The van der Waals surface area contributed by atoms with Gasteiger partial charge in [0.25, 0.3) is 5.91 Å². The summed E-state index contributed by atoms with van der Waals surface area (Å²) >= 11 is 0. The number of piperidine rings is 1. The van der Waals surface area contributed by atoms with Gasteiger partial charge < -0.3 is 15.4 Å². The molecule has 0 spiro atoms. The lowest BCUT2D eigenvalue weighted by molar-refractivity contribution is -0.153. The van der Waals surface area contributed by atoms with Gasteiger partial charge in [0, 0.05) is 13.1 Å². The summed E-state index contributed by atoms with van der Waals surface area (Å²) in [5.41, 5.74) is 7.79. The number of hydrogen-bond acceptors (Lipinski definition) is 5. The Bertz CT molecular complexity index is 533. The number of nitrogen functional groups attached to an aromatic ring is 1. The molecule has 1 fully saturated rings. The molecule has 0 atom stereocenters. The molecule has 7 nitrogen and oxygen atoms in total. The second-order valence-electron chi connectivity index (χ2n) is 5.34. The third-order valence-corrected chi connectivity index (χ3v) is 3.78. The molecule has 1 saturated heterocycles. The van der Waals surface area contributed by atoms with Crippen molar-refractivity contribution in [3.63, 3.8) is 0 Å². The number of ether oxygens (including phenoxy) is 1. The first-order valence-corrected chi connectivity index (χ1v) is 7.22. The van der Waals surface area contributed by atoms with E-state index in [4.69, 9.17) is 10.5 Å². The van der Waals surface area contributed by atoms with Crippen molar-refractivity contribution in [1.29, 1.82) is 0 Å². The zero-order valence-corrected chi connectivity index (χ0v) is 12.6. The fourth-order valence-corrected chi connectivity index (χ4v) is 2.41. The van der Waals surface area contributed by atoms with E-state index < -0.39 is 5.97 Å². The number of nitrogens with zero attached hydrogens (tertiary/aromatic N) is 3. The molecule has 1 aromatic heterocycles. The number of anilines is 1. The minimum Gasteiger partial charge on any atom is -0.454 e. The zero-order valence-electron chi connectivity index (χ0n) is 12.6. The maximum absolute atomic E-state index is 11.9. The van der Waals surface area contributed by atoms with Crippen molar-refractivity contribution in [3.8, 4) is 0 Å². The maximum atomic E-state index is 11.9. The second-order valence-corrected chi connectivity index (χ2v) is 5.34. The number of likely N-dealkylation sites (tertiary alicyclic amines) is 1. The van der Waals surface area contributed by atoms with Crippen LogP contribution in [0.1, 0.15) is 30.7 Å². The molecule has 0 bridgehead atoms. The predicted octanol–water partition coefficient (Wildman–Crippen LogP) is 0.638. The largest absolute Gasteiger partial charge is 0.454 e. The van der Waals surface area contributed by atoms with Crippen LogP contribution in [0.5, 0.6) is 0 Å². The smallest absolute Gasteiger partial charge is 0.328 e. The Morgan fingerprint density at radius 1 is 1.24 bits per heavy atom. The molecule has 1 amide bonds. The molecule has 0 saturated carbocycles. The Balaban J connectivity index is 1.81. The minimum atomic E-state index is -0.481. The first kappa shape index (κ1) is 15.3. The van der Waals surface area contributed by atoms with Gasteiger partial charge in [-0.2, -0.15) is 5.10 Å². The lowest BCUT2D eigenvalue weighted by Gasteiger charge is -2.26. The number of carbonyl (C=O) groups is 2. The Morgan fingerprint density at radius 2 is 1.90 bits per heavy atom. The van der Waals surface area contributed by atoms with Crippen LogP contribution in [0.2, 0.25) is 0 Å². The number of aryl methyl sites for hydroxylation is 1. The van der Waals surface area contributed by atoms with Gasteiger partial charge in [-0.05, 0) is 33.1 Å². The number of aromatic nitrogens is 2. The van der Waals surface area contributed by atoms with Crippen molar-refractivity contribution in [2.75, 3.05) is 25.4 Å². The van der Waals surface area contributed by atoms with E-state index in [9.17, 15) is 9.59 Å². The van der Waals surface area contributed by atoms with Crippen LogP contribution in [0.15, 0.2) is 0 Å². The van der Waals surface area contributed by atoms with E-state index >= 15 is 0 Å². The van der Waals surface area contributed by atoms with Crippen LogP contribution in [-0.4, -0.2) is 46.3 Å². The molecule has 1 aromatic rings. The molecule has 2 rings (SSSR count). The van der Waals surface area contributed by atoms with Crippen LogP contribution in [0, 0.1) is 13.8 Å². The van der Waals surface area contributed by atoms with Crippen molar-refractivity contribution >= 4 is 17.6 Å². The molecule has 1 aliphatic heterocycles. The van der Waals surface area contributed by atoms with E-state index in [1.54, 1.807) is 18.7 Å². The Morgan fingerprint density at radius 3 is 2.48 bits per heavy atom. The lowest BCUT2D eigenvalue weighted by atomic mass is 10.1. The molecule has 7 heteroatoms. The number of hydrogen-bond donors (Lipinski definition) is 1. The fourth-order valence-electron chi connectivity index (χ4n) is 2.41. The SMILES string of the molecule is Cc1nn(CC(=O)OCC(=O)N2CCCCC2)c(C)c1N. The van der Waals surface area contributed by atoms with Gasteiger partial charge >= 0.3 is 5.97 Å². The summed E-state index contributed by atoms with van der Waals surface area (Å²) in [5.74, 6) is -0.609. The third kappa shape index (κ3) is 3.74. The van der Waals surface area contributed by atoms with E-state index in [0.717, 1.165) is 38.0 Å². The second kappa shape index (κ2) is 6.60. The highest BCUT2D eigenvalue weighted by Gasteiger charge is 2.18. The topological polar surface area (TPSA) is 90.5 Å². The van der Waals surface area contributed by atoms with E-state index in [0.29, 0.717) is 11.4 Å². The number of amides is 1. The van der Waals surface area contributed by atoms with Gasteiger partial charge in [0.15, 0.2) is 6.61 Å². The first-order chi connectivity index (χ1) is 9.99. The van der Waals surface area contributed by atoms with Crippen molar-refractivity contribution in [2.24, 2.45) is 0 Å². The highest BCUT2D eigenvalue weighted by Crippen LogP contribution is 2.14. The standard InChI is InChI=1S/C14H22N4O3/c1-10-14(15)11(2)18(16-10)8-13(20)21-9-12(19)17-6-4-3-5-7-17/h3-9,15H2,1-2H3. The Hall–Kier alpha value is -2.05. The van der Waals surface area contributed by atoms with E-state index in [2.05, 4.69) is 5.10 Å². The van der Waals surface area contributed by atoms with Gasteiger partial charge in [-0.3, -0.25) is 14.3 Å². The van der Waals surface area contributed by atoms with Crippen LogP contribution in [-0.2, 0) is 20.9 Å². The predicted molar refractivity (Wildman–Crippen MR) is 77.5 cm³/mol. The normalized spacial score (nSPS) is 15.0. The van der Waals surface area contributed by atoms with Gasteiger partial charge in [0.2, 0.25) is 0 Å². The van der Waals surface area contributed by atoms with Gasteiger partial charge in [-0.1, -0.05) is 0 Å². The van der Waals surface area contributed by atoms with E-state index in [-0.39, 0.29) is 19.1 Å². The van der Waals surface area contributed by atoms with Crippen LogP contribution < -0.4 is 5.73 Å². The Kier molecular flexibility index (Phi) is 4.82. The summed E-state index contributed by atoms with van der Waals surface area (Å²) in [6, 6.07) is 0. The van der Waals surface area contributed by atoms with Crippen molar-refractivity contribution < 1.29 is 14.3 Å². The molecule has 1 aliphatic rings. The summed E-state index contributed by atoms with van der Waals surface area (Å²) < 4.78 is 6.53. The monoisotopic (exact) mass is 294 g/mol. The highest BCUT2D eigenvalue weighted by atomic mass is 16.5. The minimum absolute atomic E-state index is 0.0306. The van der Waals surface area contributed by atoms with Crippen molar-refractivity contribution in [2.45, 2.75) is 39.7 Å². The van der Waals surface area contributed by atoms with E-state index in [1.165, 1.54) is 4.68 Å². The molecular weight excluding hydrogens is 272 g/mol. The number of carbonyl (C=O) groups excluding carboxylic acids is 2. The molecular formula is C14H22N4O3. The maximum Gasteiger partial charge on any atom is 0.328 e. The summed E-state index contributed by atoms with van der Waals surface area (Å²) in [5, 5.41) is 4.16. The van der Waals surface area contributed by atoms with Crippen LogP contribution in [0.25, 0.3) is 0 Å². The Labute approximate surface area is 124 Å². The van der Waals surface area contributed by atoms with Gasteiger partial charge in [0.05, 0.1) is 17.1 Å². The molecule has 0 aliphatic carbocycles. The van der Waals surface area contributed by atoms with Crippen molar-refractivity contribution in [3.05, 3.63) is 11.4 Å². The third-order valence-electron chi connectivity index (χ3n) is 3.78. The van der Waals surface area contributed by atoms with Crippen molar-refractivity contribution in [1.82, 2.24) is 14.7 Å². The molecule has 0 aromatic carbocycles. The quantitative estimate of drug-likeness (QED) is 0.823. The van der Waals surface area contributed by atoms with Gasteiger partial charge in [-0.25, -0.2) is 0 Å². The number of esters is 1. The average Bonchev–Trinajstić information content (AvgIpc) is 2.73. The number of rotatable bonds is 4. The fraction of sp³-hybridized carbons (Fsp3) is 0.643. The highest BCUT2D eigenvalue weighted by molar-refractivity contribution is 5.80. The lowest BCUT2D eigenvalue weighted by Crippen LogP contribution is -2.38. The molecule has 2 heterocycles. The van der Waals surface area contributed by atoms with E-state index in [1.807, 2.05) is 0 Å². The zero-order chi connectivity index (χ0) is 15.4. The van der Waals surface area contributed by atoms with Gasteiger partial charge in [0.1, 0.15) is 6.54 Å². The van der Waals surface area contributed by atoms with Gasteiger partial charge in [-0.15, -0.1) is 0 Å². The van der Waals surface area contributed by atoms with Crippen LogP contribution >= 0.6 is 0 Å². The molecule has 0 radical (unpaired) electrons. The summed E-state index contributed by atoms with van der Waals surface area (Å²) in [7, 11) is 0. The summed E-state index contributed by atoms with van der Waals surface area (Å²) in [4.78, 5) is 25.4. The average molecular weight is 294 g/mol. The van der Waals surface area contributed by atoms with Crippen LogP contribution in [0.4, 0.5) is 5.69 Å². The summed E-state index contributed by atoms with van der Waals surface area (Å²) in [6.07, 6.45) is 3.19. The molecule has 2 N–H and O–H groups in total. The first-order valence-electron chi connectivity index (χ1n) is 7.22. The number of nitrogens with two attached hydrogens (primary N) is 1. The van der Waals surface area contributed by atoms with Crippen LogP contribution in [0.3, 0.4) is 0 Å². The molecule has 0 unspecified atom stereocenters. The molecule has 116 valence electrons. The molecule has 21 heavy (non-hydrogen) atoms.